The largest absolute Gasteiger partial charge is 0.396 e. The topological polar surface area (TPSA) is 71.2 Å². The van der Waals surface area contributed by atoms with Gasteiger partial charge in [0.15, 0.2) is 0 Å². The van der Waals surface area contributed by atoms with Crippen LogP contribution in [0.25, 0.3) is 0 Å². The van der Waals surface area contributed by atoms with Crippen molar-refractivity contribution in [2.45, 2.75) is 0 Å². The maximum atomic E-state index is 11.3. The first kappa shape index (κ1) is 7.85. The van der Waals surface area contributed by atoms with Crippen LogP contribution in [0.15, 0.2) is 18.5 Å². The van der Waals surface area contributed by atoms with E-state index in [-0.39, 0.29) is 6.03 Å². The Kier molecular flexibility index (Phi) is 1.77. The van der Waals surface area contributed by atoms with Gasteiger partial charge in [-0.1, -0.05) is 0 Å². The lowest BCUT2D eigenvalue weighted by Crippen LogP contribution is -2.28. The zero-order valence-electron chi connectivity index (χ0n) is 7.03. The molecule has 2 amide bonds. The highest BCUT2D eigenvalue weighted by Crippen LogP contribution is 2.22. The van der Waals surface area contributed by atoms with Crippen molar-refractivity contribution < 1.29 is 4.79 Å². The Morgan fingerprint density at radius 1 is 1.62 bits per heavy atom. The predicted octanol–water partition coefficient (Wildman–Crippen LogP) is 0.193. The molecule has 13 heavy (non-hydrogen) atoms. The molecule has 5 nitrogen and oxygen atoms in total. The number of aromatic nitrogens is 1. The Labute approximate surface area is 75.6 Å². The van der Waals surface area contributed by atoms with E-state index in [0.29, 0.717) is 18.8 Å². The fraction of sp³-hybridized carbons (Fsp3) is 0.250. The molecule has 2 heterocycles. The third-order valence-corrected chi connectivity index (χ3v) is 1.98. The van der Waals surface area contributed by atoms with Gasteiger partial charge in [0.2, 0.25) is 0 Å². The molecule has 3 N–H and O–H groups in total. The van der Waals surface area contributed by atoms with Crippen LogP contribution in [0.2, 0.25) is 0 Å². The van der Waals surface area contributed by atoms with E-state index in [1.807, 2.05) is 0 Å². The fourth-order valence-corrected chi connectivity index (χ4v) is 1.35. The number of nitrogens with one attached hydrogen (secondary N) is 1. The maximum Gasteiger partial charge on any atom is 0.322 e. The summed E-state index contributed by atoms with van der Waals surface area (Å²) in [6.07, 6.45) is 3.16. The summed E-state index contributed by atoms with van der Waals surface area (Å²) in [4.78, 5) is 16.7. The second kappa shape index (κ2) is 2.93. The van der Waals surface area contributed by atoms with Crippen LogP contribution in [0.3, 0.4) is 0 Å². The van der Waals surface area contributed by atoms with Gasteiger partial charge in [-0.05, 0) is 6.07 Å². The normalized spacial score (nSPS) is 16.0. The quantitative estimate of drug-likeness (QED) is 0.645. The molecule has 0 radical (unpaired) electrons. The average molecular weight is 178 g/mol. The smallest absolute Gasteiger partial charge is 0.322 e. The summed E-state index contributed by atoms with van der Waals surface area (Å²) in [6, 6.07) is 1.64. The first-order chi connectivity index (χ1) is 6.29. The molecule has 0 unspecified atom stereocenters. The number of nitrogen functional groups attached to an aromatic ring is 1. The molecule has 0 aliphatic carbocycles. The summed E-state index contributed by atoms with van der Waals surface area (Å²) < 4.78 is 0. The van der Waals surface area contributed by atoms with Gasteiger partial charge in [0.1, 0.15) is 0 Å². The third-order valence-electron chi connectivity index (χ3n) is 1.98. The summed E-state index contributed by atoms with van der Waals surface area (Å²) in [5.41, 5.74) is 6.93. The van der Waals surface area contributed by atoms with Gasteiger partial charge in [0, 0.05) is 19.3 Å². The number of nitrogens with zero attached hydrogens (tertiary/aromatic N) is 2. The van der Waals surface area contributed by atoms with Gasteiger partial charge < -0.3 is 11.1 Å². The Balaban J connectivity index is 2.34. The van der Waals surface area contributed by atoms with Crippen molar-refractivity contribution in [2.75, 3.05) is 23.7 Å². The molecule has 0 aromatic carbocycles. The standard InChI is InChI=1S/C8H10N4O/c9-6-5-10-2-1-7(6)12-4-3-11-8(12)13/h1-2,5H,3-4,9H2,(H,11,13). The van der Waals surface area contributed by atoms with Gasteiger partial charge in [-0.15, -0.1) is 0 Å². The van der Waals surface area contributed by atoms with Crippen LogP contribution in [-0.4, -0.2) is 24.1 Å². The minimum atomic E-state index is -0.0992. The van der Waals surface area contributed by atoms with Crippen molar-refractivity contribution in [1.82, 2.24) is 10.3 Å². The van der Waals surface area contributed by atoms with Crippen molar-refractivity contribution in [1.29, 1.82) is 0 Å². The molecule has 68 valence electrons. The fourth-order valence-electron chi connectivity index (χ4n) is 1.35. The molecular formula is C8H10N4O. The molecule has 1 aliphatic rings. The Hall–Kier alpha value is -1.78. The Morgan fingerprint density at radius 3 is 3.08 bits per heavy atom. The molecule has 0 spiro atoms. The molecule has 2 rings (SSSR count). The first-order valence-electron chi connectivity index (χ1n) is 4.04. The van der Waals surface area contributed by atoms with Gasteiger partial charge in [0.25, 0.3) is 0 Å². The summed E-state index contributed by atoms with van der Waals surface area (Å²) in [5.74, 6) is 0. The van der Waals surface area contributed by atoms with E-state index in [9.17, 15) is 4.79 Å². The molecule has 5 heteroatoms. The van der Waals surface area contributed by atoms with E-state index in [4.69, 9.17) is 5.73 Å². The SMILES string of the molecule is Nc1cnccc1N1CCNC1=O. The van der Waals surface area contributed by atoms with Gasteiger partial charge in [-0.3, -0.25) is 9.88 Å². The molecule has 0 saturated carbocycles. The lowest BCUT2D eigenvalue weighted by molar-refractivity contribution is 0.252. The number of pyridine rings is 1. The number of carbonyl (C=O) groups is 1. The highest BCUT2D eigenvalue weighted by Gasteiger charge is 2.22. The number of rotatable bonds is 1. The van der Waals surface area contributed by atoms with E-state index in [1.54, 1.807) is 23.4 Å². The van der Waals surface area contributed by atoms with Crippen LogP contribution >= 0.6 is 0 Å². The number of carbonyl (C=O) groups excluding carboxylic acids is 1. The van der Waals surface area contributed by atoms with Crippen LogP contribution in [0.5, 0.6) is 0 Å². The molecule has 1 saturated heterocycles. The minimum absolute atomic E-state index is 0.0992. The van der Waals surface area contributed by atoms with Crippen LogP contribution in [0.1, 0.15) is 0 Å². The summed E-state index contributed by atoms with van der Waals surface area (Å²) >= 11 is 0. The minimum Gasteiger partial charge on any atom is -0.396 e. The number of anilines is 2. The predicted molar refractivity (Wildman–Crippen MR) is 49.4 cm³/mol. The summed E-state index contributed by atoms with van der Waals surface area (Å²) in [5, 5.41) is 2.71. The van der Waals surface area contributed by atoms with Crippen molar-refractivity contribution >= 4 is 17.4 Å². The van der Waals surface area contributed by atoms with E-state index in [1.165, 1.54) is 0 Å². The van der Waals surface area contributed by atoms with E-state index in [0.717, 1.165) is 5.69 Å². The Bertz CT molecular complexity index is 339. The molecule has 1 aromatic heterocycles. The zero-order valence-corrected chi connectivity index (χ0v) is 7.03. The summed E-state index contributed by atoms with van der Waals surface area (Å²) in [6.45, 7) is 1.33. The second-order valence-electron chi connectivity index (χ2n) is 2.82. The second-order valence-corrected chi connectivity index (χ2v) is 2.82. The van der Waals surface area contributed by atoms with Gasteiger partial charge in [-0.25, -0.2) is 4.79 Å². The number of hydrogen-bond acceptors (Lipinski definition) is 3. The van der Waals surface area contributed by atoms with Gasteiger partial charge >= 0.3 is 6.03 Å². The van der Waals surface area contributed by atoms with Crippen LogP contribution < -0.4 is 16.0 Å². The van der Waals surface area contributed by atoms with Crippen molar-refractivity contribution in [3.63, 3.8) is 0 Å². The van der Waals surface area contributed by atoms with Crippen molar-refractivity contribution in [3.8, 4) is 0 Å². The first-order valence-corrected chi connectivity index (χ1v) is 4.04. The van der Waals surface area contributed by atoms with Crippen molar-refractivity contribution in [3.05, 3.63) is 18.5 Å². The number of nitrogens with two attached hydrogens (primary N) is 1. The van der Waals surface area contributed by atoms with Gasteiger partial charge in [0.05, 0.1) is 17.6 Å². The van der Waals surface area contributed by atoms with Crippen LogP contribution in [0.4, 0.5) is 16.2 Å². The molecule has 1 aliphatic heterocycles. The molecule has 0 atom stereocenters. The lowest BCUT2D eigenvalue weighted by Gasteiger charge is -2.15. The van der Waals surface area contributed by atoms with Gasteiger partial charge in [-0.2, -0.15) is 0 Å². The van der Waals surface area contributed by atoms with E-state index < -0.39 is 0 Å². The molecule has 1 aromatic rings. The van der Waals surface area contributed by atoms with E-state index >= 15 is 0 Å². The van der Waals surface area contributed by atoms with E-state index in [2.05, 4.69) is 10.3 Å². The Morgan fingerprint density at radius 2 is 2.46 bits per heavy atom. The van der Waals surface area contributed by atoms with Crippen molar-refractivity contribution in [2.24, 2.45) is 0 Å². The maximum absolute atomic E-state index is 11.3. The highest BCUT2D eigenvalue weighted by atomic mass is 16.2. The third kappa shape index (κ3) is 1.28. The molecular weight excluding hydrogens is 168 g/mol. The van der Waals surface area contributed by atoms with Crippen LogP contribution in [0, 0.1) is 0 Å². The highest BCUT2D eigenvalue weighted by molar-refractivity contribution is 5.96. The average Bonchev–Trinajstić information content (AvgIpc) is 2.52. The summed E-state index contributed by atoms with van der Waals surface area (Å²) in [7, 11) is 0. The monoisotopic (exact) mass is 178 g/mol. The number of urea groups is 1. The molecule has 1 fully saturated rings. The molecule has 0 bridgehead atoms. The lowest BCUT2D eigenvalue weighted by atomic mass is 10.3. The van der Waals surface area contributed by atoms with Crippen LogP contribution in [-0.2, 0) is 0 Å². The number of hydrogen-bond donors (Lipinski definition) is 2. The number of amides is 2. The zero-order chi connectivity index (χ0) is 9.26.